The molecule has 1 fully saturated rings. The van der Waals surface area contributed by atoms with Crippen molar-refractivity contribution >= 4 is 35.9 Å². The number of amides is 2. The minimum Gasteiger partial charge on any atom is -0.505 e. The number of phenolic OH excluding ortho intramolecular Hbond substituents is 1. The summed E-state index contributed by atoms with van der Waals surface area (Å²) in [4.78, 5) is 62.5. The molecule has 0 saturated carbocycles. The Bertz CT molecular complexity index is 994. The van der Waals surface area contributed by atoms with Crippen LogP contribution in [0.2, 0.25) is 0 Å². The van der Waals surface area contributed by atoms with Gasteiger partial charge in [-0.3, -0.25) is 19.2 Å². The predicted octanol–water partition coefficient (Wildman–Crippen LogP) is 2.70. The van der Waals surface area contributed by atoms with E-state index in [1.807, 2.05) is 20.8 Å². The lowest BCUT2D eigenvalue weighted by Gasteiger charge is -2.29. The van der Waals surface area contributed by atoms with Gasteiger partial charge in [0.15, 0.2) is 17.9 Å². The van der Waals surface area contributed by atoms with Crippen molar-refractivity contribution in [1.29, 1.82) is 0 Å². The van der Waals surface area contributed by atoms with Crippen molar-refractivity contribution in [2.75, 3.05) is 5.32 Å². The molecule has 1 aromatic rings. The monoisotopic (exact) mass is 520 g/mol. The molecule has 0 aromatic heterocycles. The molecule has 0 radical (unpaired) electrons. The summed E-state index contributed by atoms with van der Waals surface area (Å²) in [6.07, 6.45) is -0.952. The van der Waals surface area contributed by atoms with Gasteiger partial charge in [-0.1, -0.05) is 39.7 Å². The lowest BCUT2D eigenvalue weighted by Crippen LogP contribution is -2.50. The number of carbonyl (C=O) groups excluding carboxylic acids is 5. The molecule has 1 saturated heterocycles. The highest BCUT2D eigenvalue weighted by atomic mass is 16.6. The molecule has 204 valence electrons. The Labute approximate surface area is 216 Å². The Kier molecular flexibility index (Phi) is 10.9. The van der Waals surface area contributed by atoms with E-state index in [9.17, 15) is 29.1 Å². The molecule has 0 unspecified atom stereocenters. The molecule has 2 amide bonds. The third kappa shape index (κ3) is 7.93. The number of phenols is 1. The maximum absolute atomic E-state index is 13.2. The van der Waals surface area contributed by atoms with Gasteiger partial charge in [0, 0.05) is 6.42 Å². The maximum Gasteiger partial charge on any atom is 0.332 e. The van der Waals surface area contributed by atoms with Crippen molar-refractivity contribution < 1.29 is 43.3 Å². The lowest BCUT2D eigenvalue weighted by atomic mass is 9.92. The highest BCUT2D eigenvalue weighted by molar-refractivity contribution is 6.01. The van der Waals surface area contributed by atoms with Gasteiger partial charge in [-0.2, -0.15) is 0 Å². The summed E-state index contributed by atoms with van der Waals surface area (Å²) in [5.74, 6) is -4.29. The summed E-state index contributed by atoms with van der Waals surface area (Å²) in [5, 5.41) is 15.1. The molecular weight excluding hydrogens is 484 g/mol. The van der Waals surface area contributed by atoms with E-state index in [2.05, 4.69) is 10.6 Å². The number of para-hydroxylation sites is 1. The summed E-state index contributed by atoms with van der Waals surface area (Å²) in [5.41, 5.74) is -0.218. The molecule has 0 aliphatic carbocycles. The van der Waals surface area contributed by atoms with Crippen molar-refractivity contribution in [3.63, 3.8) is 0 Å². The maximum atomic E-state index is 13.2. The first-order chi connectivity index (χ1) is 17.5. The Balaban J connectivity index is 2.34. The average molecular weight is 521 g/mol. The van der Waals surface area contributed by atoms with Crippen molar-refractivity contribution in [2.45, 2.75) is 84.7 Å². The number of anilines is 1. The number of aromatic hydroxyl groups is 1. The van der Waals surface area contributed by atoms with E-state index in [4.69, 9.17) is 14.2 Å². The summed E-state index contributed by atoms with van der Waals surface area (Å²) < 4.78 is 16.8. The quantitative estimate of drug-likeness (QED) is 0.183. The molecule has 11 heteroatoms. The van der Waals surface area contributed by atoms with Crippen molar-refractivity contribution in [3.8, 4) is 5.75 Å². The zero-order valence-electron chi connectivity index (χ0n) is 21.8. The van der Waals surface area contributed by atoms with Gasteiger partial charge >= 0.3 is 17.9 Å². The standard InChI is InChI=1S/C26H36N2O9/c1-6-7-9-18-23(37-20(30)12-14(2)3)16(5)36-26(34)21(15(4)35-25(18)33)28-24(32)17-10-8-11-19(22(17)31)27-13-29/h8,10-11,13-16,18,21,23,31H,6-7,9,12H2,1-5H3,(H,27,29)(H,28,32)/t15-,16-,18+,21+,23-/m0/s1. The van der Waals surface area contributed by atoms with Gasteiger partial charge in [-0.25, -0.2) is 4.79 Å². The summed E-state index contributed by atoms with van der Waals surface area (Å²) in [6.45, 7) is 8.61. The predicted molar refractivity (Wildman–Crippen MR) is 133 cm³/mol. The Morgan fingerprint density at radius 2 is 1.81 bits per heavy atom. The van der Waals surface area contributed by atoms with Crippen LogP contribution in [0.3, 0.4) is 0 Å². The van der Waals surface area contributed by atoms with E-state index in [0.29, 0.717) is 19.3 Å². The van der Waals surface area contributed by atoms with Crippen LogP contribution in [0.4, 0.5) is 5.69 Å². The number of unbranched alkanes of at least 4 members (excludes halogenated alkanes) is 1. The minimum atomic E-state index is -1.42. The minimum absolute atomic E-state index is 0.00221. The van der Waals surface area contributed by atoms with Gasteiger partial charge in [-0.05, 0) is 38.3 Å². The second kappa shape index (κ2) is 13.6. The van der Waals surface area contributed by atoms with E-state index in [1.54, 1.807) is 0 Å². The molecule has 3 N–H and O–H groups in total. The fourth-order valence-electron chi connectivity index (χ4n) is 4.03. The number of benzene rings is 1. The third-order valence-corrected chi connectivity index (χ3v) is 5.98. The fraction of sp³-hybridized carbons (Fsp3) is 0.577. The molecule has 1 heterocycles. The Morgan fingerprint density at radius 3 is 2.43 bits per heavy atom. The van der Waals surface area contributed by atoms with Gasteiger partial charge in [0.05, 0.1) is 17.2 Å². The number of carbonyl (C=O) groups is 5. The van der Waals surface area contributed by atoms with Gasteiger partial charge < -0.3 is 30.0 Å². The van der Waals surface area contributed by atoms with Crippen LogP contribution in [0.15, 0.2) is 18.2 Å². The van der Waals surface area contributed by atoms with E-state index >= 15 is 0 Å². The fourth-order valence-corrected chi connectivity index (χ4v) is 4.03. The molecule has 37 heavy (non-hydrogen) atoms. The van der Waals surface area contributed by atoms with Crippen LogP contribution >= 0.6 is 0 Å². The van der Waals surface area contributed by atoms with Crippen LogP contribution in [0.5, 0.6) is 5.75 Å². The number of esters is 3. The molecule has 0 bridgehead atoms. The number of cyclic esters (lactones) is 2. The molecule has 2 rings (SSSR count). The number of hydrogen-bond acceptors (Lipinski definition) is 9. The second-order valence-corrected chi connectivity index (χ2v) is 9.50. The summed E-state index contributed by atoms with van der Waals surface area (Å²) in [7, 11) is 0. The first-order valence-corrected chi connectivity index (χ1v) is 12.4. The van der Waals surface area contributed by atoms with Crippen molar-refractivity contribution in [1.82, 2.24) is 5.32 Å². The summed E-state index contributed by atoms with van der Waals surface area (Å²) >= 11 is 0. The highest BCUT2D eigenvalue weighted by Gasteiger charge is 2.43. The Hall–Kier alpha value is -3.63. The van der Waals surface area contributed by atoms with Gasteiger partial charge in [0.1, 0.15) is 12.2 Å². The van der Waals surface area contributed by atoms with Crippen LogP contribution in [0.1, 0.15) is 70.7 Å². The molecule has 1 aromatic carbocycles. The molecule has 11 nitrogen and oxygen atoms in total. The first-order valence-electron chi connectivity index (χ1n) is 12.4. The average Bonchev–Trinajstić information content (AvgIpc) is 2.84. The SMILES string of the molecule is CCCC[C@H]1C(=O)O[C@@H](C)[C@@H](NC(=O)c2cccc(NC=O)c2O)C(=O)O[C@@H](C)[C@@H]1OC(=O)CC(C)C. The van der Waals surface area contributed by atoms with E-state index in [1.165, 1.54) is 32.0 Å². The topological polar surface area (TPSA) is 157 Å². The van der Waals surface area contributed by atoms with Gasteiger partial charge in [0.25, 0.3) is 5.91 Å². The van der Waals surface area contributed by atoms with Crippen molar-refractivity contribution in [3.05, 3.63) is 23.8 Å². The molecule has 0 spiro atoms. The molecule has 1 aliphatic heterocycles. The smallest absolute Gasteiger partial charge is 0.332 e. The lowest BCUT2D eigenvalue weighted by molar-refractivity contribution is -0.175. The normalized spacial score (nSPS) is 24.1. The van der Waals surface area contributed by atoms with Crippen LogP contribution in [0, 0.1) is 11.8 Å². The van der Waals surface area contributed by atoms with Crippen LogP contribution in [0.25, 0.3) is 0 Å². The first kappa shape index (κ1) is 29.6. The largest absolute Gasteiger partial charge is 0.505 e. The van der Waals surface area contributed by atoms with Gasteiger partial charge in [0.2, 0.25) is 6.41 Å². The number of rotatable bonds is 10. The number of hydrogen-bond donors (Lipinski definition) is 3. The highest BCUT2D eigenvalue weighted by Crippen LogP contribution is 2.29. The zero-order chi connectivity index (χ0) is 27.7. The molecular formula is C26H36N2O9. The van der Waals surface area contributed by atoms with Crippen molar-refractivity contribution in [2.24, 2.45) is 11.8 Å². The van der Waals surface area contributed by atoms with E-state index in [-0.39, 0.29) is 23.6 Å². The van der Waals surface area contributed by atoms with Crippen LogP contribution < -0.4 is 10.6 Å². The van der Waals surface area contributed by atoms with Gasteiger partial charge in [-0.15, -0.1) is 0 Å². The zero-order valence-corrected chi connectivity index (χ0v) is 21.8. The third-order valence-electron chi connectivity index (χ3n) is 5.98. The summed E-state index contributed by atoms with van der Waals surface area (Å²) in [6, 6.07) is 2.70. The van der Waals surface area contributed by atoms with E-state index in [0.717, 1.165) is 6.42 Å². The molecule has 1 aliphatic rings. The Morgan fingerprint density at radius 1 is 1.14 bits per heavy atom. The van der Waals surface area contributed by atoms with Crippen LogP contribution in [-0.2, 0) is 33.4 Å². The van der Waals surface area contributed by atoms with E-state index < -0.39 is 59.8 Å². The number of nitrogens with one attached hydrogen (secondary N) is 2. The molecule has 5 atom stereocenters. The number of ether oxygens (including phenoxy) is 3. The van der Waals surface area contributed by atoms with Crippen LogP contribution in [-0.4, -0.2) is 59.7 Å². The second-order valence-electron chi connectivity index (χ2n) is 9.50.